The normalized spacial score (nSPS) is 10.8. The molecule has 1 aromatic heterocycles. The molecule has 0 bridgehead atoms. The molecule has 0 aliphatic carbocycles. The van der Waals surface area contributed by atoms with Crippen molar-refractivity contribution < 1.29 is 18.0 Å². The number of amides is 2. The summed E-state index contributed by atoms with van der Waals surface area (Å²) in [6, 6.07) is 6.18. The number of rotatable bonds is 4. The van der Waals surface area contributed by atoms with E-state index in [2.05, 4.69) is 15.3 Å². The maximum Gasteiger partial charge on any atom is 0.274 e. The van der Waals surface area contributed by atoms with E-state index in [4.69, 9.17) is 0 Å². The summed E-state index contributed by atoms with van der Waals surface area (Å²) in [4.78, 5) is 39.7. The van der Waals surface area contributed by atoms with Crippen LogP contribution in [-0.4, -0.2) is 30.2 Å². The Morgan fingerprint density at radius 2 is 1.83 bits per heavy atom. The first-order valence-electron chi connectivity index (χ1n) is 6.27. The molecule has 10 heteroatoms. The Labute approximate surface area is 130 Å². The Hall–Kier alpha value is -3.01. The average Bonchev–Trinajstić information content (AvgIpc) is 2.46. The first kappa shape index (κ1) is 16.4. The summed E-state index contributed by atoms with van der Waals surface area (Å²) in [6.07, 6.45) is 1.10. The van der Waals surface area contributed by atoms with Gasteiger partial charge in [-0.2, -0.15) is 0 Å². The number of hydrogen-bond acceptors (Lipinski definition) is 6. The number of aromatic amines is 1. The van der Waals surface area contributed by atoms with E-state index in [-0.39, 0.29) is 10.6 Å². The van der Waals surface area contributed by atoms with Crippen LogP contribution in [0.25, 0.3) is 0 Å². The van der Waals surface area contributed by atoms with Crippen LogP contribution < -0.4 is 15.6 Å². The number of nitrogens with one attached hydrogen (secondary N) is 3. The van der Waals surface area contributed by atoms with Crippen LogP contribution >= 0.6 is 0 Å². The monoisotopic (exact) mass is 336 g/mol. The fourth-order valence-electron chi connectivity index (χ4n) is 1.65. The van der Waals surface area contributed by atoms with Gasteiger partial charge in [-0.15, -0.1) is 0 Å². The minimum absolute atomic E-state index is 0.0799. The van der Waals surface area contributed by atoms with Gasteiger partial charge in [0, 0.05) is 18.7 Å². The fourth-order valence-corrected chi connectivity index (χ4v) is 2.64. The number of hydrogen-bond donors (Lipinski definition) is 3. The molecule has 0 aliphatic rings. The van der Waals surface area contributed by atoms with Crippen molar-refractivity contribution in [2.24, 2.45) is 0 Å². The highest BCUT2D eigenvalue weighted by atomic mass is 32.2. The summed E-state index contributed by atoms with van der Waals surface area (Å²) in [5, 5.41) is 2.47. The van der Waals surface area contributed by atoms with Crippen molar-refractivity contribution >= 4 is 27.5 Å². The quantitative estimate of drug-likeness (QED) is 0.709. The molecule has 1 aromatic carbocycles. The summed E-state index contributed by atoms with van der Waals surface area (Å²) < 4.78 is 25.4. The van der Waals surface area contributed by atoms with Gasteiger partial charge in [0.2, 0.25) is 5.91 Å². The van der Waals surface area contributed by atoms with Gasteiger partial charge in [0.15, 0.2) is 0 Å². The predicted molar refractivity (Wildman–Crippen MR) is 80.3 cm³/mol. The Balaban J connectivity index is 2.16. The maximum atomic E-state index is 11.9. The lowest BCUT2D eigenvalue weighted by atomic mass is 10.3. The molecule has 0 radical (unpaired) electrons. The zero-order valence-electron chi connectivity index (χ0n) is 11.9. The molecule has 0 spiro atoms. The molecule has 0 saturated carbocycles. The second kappa shape index (κ2) is 6.40. The number of H-pyrrole nitrogens is 1. The van der Waals surface area contributed by atoms with Crippen molar-refractivity contribution in [3.05, 3.63) is 52.7 Å². The van der Waals surface area contributed by atoms with Crippen molar-refractivity contribution in [3.63, 3.8) is 0 Å². The van der Waals surface area contributed by atoms with Crippen LogP contribution in [0, 0.1) is 0 Å². The van der Waals surface area contributed by atoms with Crippen LogP contribution in [0.15, 0.2) is 46.3 Å². The van der Waals surface area contributed by atoms with Crippen LogP contribution in [0.3, 0.4) is 0 Å². The third-order valence-corrected chi connectivity index (χ3v) is 4.06. The van der Waals surface area contributed by atoms with Crippen molar-refractivity contribution in [1.82, 2.24) is 14.7 Å². The predicted octanol–water partition coefficient (Wildman–Crippen LogP) is -0.153. The van der Waals surface area contributed by atoms with E-state index in [1.54, 1.807) is 0 Å². The number of sulfonamides is 1. The number of aromatic nitrogens is 2. The zero-order valence-corrected chi connectivity index (χ0v) is 12.7. The van der Waals surface area contributed by atoms with Gasteiger partial charge in [-0.1, -0.05) is 0 Å². The zero-order chi connectivity index (χ0) is 17.0. The molecule has 0 aliphatic heterocycles. The lowest BCUT2D eigenvalue weighted by Crippen LogP contribution is -2.28. The molecule has 0 fully saturated rings. The SMILES string of the molecule is CC(=O)NS(=O)(=O)c1ccc(NC(=O)c2cc(=O)[nH]cn2)cc1. The standard InChI is InChI=1S/C13H12N4O5S/c1-8(18)17-23(21,22)10-4-2-9(3-5-10)16-13(20)11-6-12(19)15-7-14-11/h2-7H,1H3,(H,16,20)(H,17,18)(H,14,15,19). The Morgan fingerprint density at radius 1 is 1.17 bits per heavy atom. The van der Waals surface area contributed by atoms with Gasteiger partial charge in [0.25, 0.3) is 21.5 Å². The number of nitrogens with zero attached hydrogens (tertiary/aromatic N) is 1. The van der Waals surface area contributed by atoms with Gasteiger partial charge in [-0.3, -0.25) is 14.4 Å². The fraction of sp³-hybridized carbons (Fsp3) is 0.0769. The van der Waals surface area contributed by atoms with Crippen molar-refractivity contribution in [3.8, 4) is 0 Å². The Kier molecular flexibility index (Phi) is 4.55. The molecule has 0 unspecified atom stereocenters. The van der Waals surface area contributed by atoms with Gasteiger partial charge in [0.1, 0.15) is 5.69 Å². The molecule has 23 heavy (non-hydrogen) atoms. The lowest BCUT2D eigenvalue weighted by molar-refractivity contribution is -0.117. The van der Waals surface area contributed by atoms with E-state index in [1.165, 1.54) is 24.3 Å². The highest BCUT2D eigenvalue weighted by Gasteiger charge is 2.15. The number of benzene rings is 1. The van der Waals surface area contributed by atoms with Gasteiger partial charge in [0.05, 0.1) is 11.2 Å². The first-order valence-corrected chi connectivity index (χ1v) is 7.76. The Bertz CT molecular complexity index is 902. The number of anilines is 1. The van der Waals surface area contributed by atoms with E-state index in [1.807, 2.05) is 4.72 Å². The van der Waals surface area contributed by atoms with Crippen molar-refractivity contribution in [2.45, 2.75) is 11.8 Å². The van der Waals surface area contributed by atoms with Crippen LogP contribution in [-0.2, 0) is 14.8 Å². The second-order valence-corrected chi connectivity index (χ2v) is 6.12. The molecular weight excluding hydrogens is 324 g/mol. The van der Waals surface area contributed by atoms with Gasteiger partial charge < -0.3 is 10.3 Å². The summed E-state index contributed by atoms with van der Waals surface area (Å²) >= 11 is 0. The molecule has 0 saturated heterocycles. The largest absolute Gasteiger partial charge is 0.321 e. The van der Waals surface area contributed by atoms with E-state index < -0.39 is 27.4 Å². The minimum atomic E-state index is -3.93. The van der Waals surface area contributed by atoms with Gasteiger partial charge in [-0.25, -0.2) is 18.1 Å². The van der Waals surface area contributed by atoms with E-state index >= 15 is 0 Å². The molecule has 1 heterocycles. The summed E-state index contributed by atoms with van der Waals surface area (Å²) in [7, 11) is -3.93. The van der Waals surface area contributed by atoms with E-state index in [0.717, 1.165) is 19.3 Å². The number of carbonyl (C=O) groups is 2. The maximum absolute atomic E-state index is 11.9. The second-order valence-electron chi connectivity index (χ2n) is 4.44. The highest BCUT2D eigenvalue weighted by molar-refractivity contribution is 7.90. The smallest absolute Gasteiger partial charge is 0.274 e. The van der Waals surface area contributed by atoms with Gasteiger partial charge in [-0.05, 0) is 24.3 Å². The van der Waals surface area contributed by atoms with Crippen LogP contribution in [0.4, 0.5) is 5.69 Å². The molecular formula is C13H12N4O5S. The summed E-state index contributed by atoms with van der Waals surface area (Å²) in [5.41, 5.74) is -0.246. The van der Waals surface area contributed by atoms with Crippen molar-refractivity contribution in [2.75, 3.05) is 5.32 Å². The summed E-state index contributed by atoms with van der Waals surface area (Å²) in [6.45, 7) is 1.08. The molecule has 3 N–H and O–H groups in total. The molecule has 0 atom stereocenters. The minimum Gasteiger partial charge on any atom is -0.321 e. The van der Waals surface area contributed by atoms with Gasteiger partial charge >= 0.3 is 0 Å². The topological polar surface area (TPSA) is 138 Å². The van der Waals surface area contributed by atoms with Crippen LogP contribution in [0.1, 0.15) is 17.4 Å². The molecule has 2 aromatic rings. The van der Waals surface area contributed by atoms with Crippen molar-refractivity contribution in [1.29, 1.82) is 0 Å². The average molecular weight is 336 g/mol. The third-order valence-electron chi connectivity index (χ3n) is 2.61. The van der Waals surface area contributed by atoms with E-state index in [0.29, 0.717) is 5.69 Å². The van der Waals surface area contributed by atoms with Crippen LogP contribution in [0.2, 0.25) is 0 Å². The van der Waals surface area contributed by atoms with E-state index in [9.17, 15) is 22.8 Å². The molecule has 120 valence electrons. The third kappa shape index (κ3) is 4.23. The lowest BCUT2D eigenvalue weighted by Gasteiger charge is -2.07. The highest BCUT2D eigenvalue weighted by Crippen LogP contribution is 2.14. The molecule has 2 rings (SSSR count). The summed E-state index contributed by atoms with van der Waals surface area (Å²) in [5.74, 6) is -1.32. The first-order chi connectivity index (χ1) is 10.8. The molecule has 2 amide bonds. The molecule has 9 nitrogen and oxygen atoms in total. The van der Waals surface area contributed by atoms with Crippen LogP contribution in [0.5, 0.6) is 0 Å². The Morgan fingerprint density at radius 3 is 2.39 bits per heavy atom. The number of carbonyl (C=O) groups excluding carboxylic acids is 2.